The molecule has 2 N–H and O–H groups in total. The third kappa shape index (κ3) is 5.91. The molecule has 0 saturated heterocycles. The van der Waals surface area contributed by atoms with Gasteiger partial charge in [-0.2, -0.15) is 0 Å². The van der Waals surface area contributed by atoms with Crippen molar-refractivity contribution in [1.29, 1.82) is 0 Å². The summed E-state index contributed by atoms with van der Waals surface area (Å²) in [6, 6.07) is 8.04. The SMILES string of the molecule is CCC(CO)NC(C)Oc1ccc(C)cc1.Cl. The third-order valence-corrected chi connectivity index (χ3v) is 2.52. The van der Waals surface area contributed by atoms with Gasteiger partial charge in [0.15, 0.2) is 0 Å². The van der Waals surface area contributed by atoms with Crippen molar-refractivity contribution in [2.45, 2.75) is 39.5 Å². The highest BCUT2D eigenvalue weighted by Gasteiger charge is 2.09. The molecular formula is C13H22ClNO2. The average molecular weight is 260 g/mol. The van der Waals surface area contributed by atoms with Gasteiger partial charge in [0.2, 0.25) is 0 Å². The van der Waals surface area contributed by atoms with Crippen LogP contribution in [0.3, 0.4) is 0 Å². The van der Waals surface area contributed by atoms with E-state index in [1.165, 1.54) is 5.56 Å². The van der Waals surface area contributed by atoms with Gasteiger partial charge in [-0.05, 0) is 32.4 Å². The van der Waals surface area contributed by atoms with E-state index in [0.29, 0.717) is 0 Å². The summed E-state index contributed by atoms with van der Waals surface area (Å²) >= 11 is 0. The molecule has 2 unspecified atom stereocenters. The average Bonchev–Trinajstić information content (AvgIpc) is 2.29. The summed E-state index contributed by atoms with van der Waals surface area (Å²) in [6.07, 6.45) is 0.790. The summed E-state index contributed by atoms with van der Waals surface area (Å²) in [4.78, 5) is 0. The van der Waals surface area contributed by atoms with Gasteiger partial charge in [0, 0.05) is 6.04 Å². The lowest BCUT2D eigenvalue weighted by Crippen LogP contribution is -2.41. The quantitative estimate of drug-likeness (QED) is 0.772. The monoisotopic (exact) mass is 259 g/mol. The van der Waals surface area contributed by atoms with E-state index in [1.807, 2.05) is 45.0 Å². The number of ether oxygens (including phenoxy) is 1. The smallest absolute Gasteiger partial charge is 0.147 e. The Balaban J connectivity index is 0.00000256. The number of hydrogen-bond donors (Lipinski definition) is 2. The van der Waals surface area contributed by atoms with Crippen LogP contribution in [0.4, 0.5) is 0 Å². The Hall–Kier alpha value is -0.770. The number of hydrogen-bond acceptors (Lipinski definition) is 3. The Kier molecular flexibility index (Phi) is 7.96. The van der Waals surface area contributed by atoms with E-state index in [0.717, 1.165) is 12.2 Å². The first-order valence-electron chi connectivity index (χ1n) is 5.76. The highest BCUT2D eigenvalue weighted by molar-refractivity contribution is 5.85. The predicted octanol–water partition coefficient (Wildman–Crippen LogP) is 2.50. The van der Waals surface area contributed by atoms with E-state index in [1.54, 1.807) is 0 Å². The Morgan fingerprint density at radius 2 is 1.88 bits per heavy atom. The van der Waals surface area contributed by atoms with Gasteiger partial charge >= 0.3 is 0 Å². The minimum Gasteiger partial charge on any atom is -0.476 e. The molecule has 0 aliphatic rings. The molecule has 1 aromatic carbocycles. The van der Waals surface area contributed by atoms with Crippen LogP contribution in [-0.4, -0.2) is 24.0 Å². The number of aliphatic hydroxyl groups excluding tert-OH is 1. The Labute approximate surface area is 110 Å². The summed E-state index contributed by atoms with van der Waals surface area (Å²) in [5, 5.41) is 12.3. The Morgan fingerprint density at radius 3 is 2.35 bits per heavy atom. The number of rotatable bonds is 6. The summed E-state index contributed by atoms with van der Waals surface area (Å²) in [5.74, 6) is 0.846. The summed E-state index contributed by atoms with van der Waals surface area (Å²) < 4.78 is 5.68. The molecule has 4 heteroatoms. The normalized spacial score (nSPS) is 13.6. The maximum absolute atomic E-state index is 9.06. The van der Waals surface area contributed by atoms with Crippen molar-refractivity contribution in [3.63, 3.8) is 0 Å². The van der Waals surface area contributed by atoms with Gasteiger partial charge in [-0.15, -0.1) is 12.4 Å². The van der Waals surface area contributed by atoms with Crippen LogP contribution in [0.15, 0.2) is 24.3 Å². The fourth-order valence-corrected chi connectivity index (χ4v) is 1.49. The molecule has 1 rings (SSSR count). The molecule has 0 saturated carbocycles. The fourth-order valence-electron chi connectivity index (χ4n) is 1.49. The van der Waals surface area contributed by atoms with Crippen LogP contribution >= 0.6 is 12.4 Å². The number of benzene rings is 1. The van der Waals surface area contributed by atoms with Gasteiger partial charge in [0.1, 0.15) is 12.0 Å². The maximum Gasteiger partial charge on any atom is 0.147 e. The number of nitrogens with one attached hydrogen (secondary N) is 1. The zero-order valence-corrected chi connectivity index (χ0v) is 11.5. The van der Waals surface area contributed by atoms with E-state index >= 15 is 0 Å². The minimum atomic E-state index is -0.0974. The van der Waals surface area contributed by atoms with Crippen LogP contribution in [0.5, 0.6) is 5.75 Å². The Bertz CT molecular complexity index is 299. The molecule has 0 spiro atoms. The van der Waals surface area contributed by atoms with Gasteiger partial charge in [-0.3, -0.25) is 5.32 Å². The minimum absolute atomic E-state index is 0. The molecular weight excluding hydrogens is 238 g/mol. The zero-order valence-electron chi connectivity index (χ0n) is 10.6. The molecule has 0 aliphatic carbocycles. The van der Waals surface area contributed by atoms with Crippen LogP contribution in [0.2, 0.25) is 0 Å². The first-order chi connectivity index (χ1) is 7.65. The molecule has 1 aromatic rings. The standard InChI is InChI=1S/C13H21NO2.ClH/c1-4-12(9-15)14-11(3)16-13-7-5-10(2)6-8-13;/h5-8,11-12,14-15H,4,9H2,1-3H3;1H. The van der Waals surface area contributed by atoms with Crippen LogP contribution in [0.1, 0.15) is 25.8 Å². The second kappa shape index (κ2) is 8.34. The highest BCUT2D eigenvalue weighted by Crippen LogP contribution is 2.12. The first kappa shape index (κ1) is 16.2. The molecule has 0 heterocycles. The van der Waals surface area contributed by atoms with Crippen LogP contribution in [-0.2, 0) is 0 Å². The number of halogens is 1. The fraction of sp³-hybridized carbons (Fsp3) is 0.538. The predicted molar refractivity (Wildman–Crippen MR) is 72.8 cm³/mol. The van der Waals surface area contributed by atoms with E-state index in [9.17, 15) is 0 Å². The van der Waals surface area contributed by atoms with Gasteiger partial charge in [0.25, 0.3) is 0 Å². The maximum atomic E-state index is 9.06. The van der Waals surface area contributed by atoms with Crippen molar-refractivity contribution >= 4 is 12.4 Å². The number of aliphatic hydroxyl groups is 1. The molecule has 0 aromatic heterocycles. The second-order valence-electron chi connectivity index (χ2n) is 4.03. The van der Waals surface area contributed by atoms with E-state index < -0.39 is 0 Å². The van der Waals surface area contributed by atoms with Crippen molar-refractivity contribution in [2.75, 3.05) is 6.61 Å². The molecule has 0 radical (unpaired) electrons. The van der Waals surface area contributed by atoms with E-state index in [2.05, 4.69) is 5.32 Å². The third-order valence-electron chi connectivity index (χ3n) is 2.52. The van der Waals surface area contributed by atoms with Crippen molar-refractivity contribution in [1.82, 2.24) is 5.32 Å². The lowest BCUT2D eigenvalue weighted by atomic mass is 10.2. The van der Waals surface area contributed by atoms with Crippen molar-refractivity contribution in [2.24, 2.45) is 0 Å². The summed E-state index contributed by atoms with van der Waals surface area (Å²) in [6.45, 7) is 6.16. The molecule has 17 heavy (non-hydrogen) atoms. The summed E-state index contributed by atoms with van der Waals surface area (Å²) in [7, 11) is 0. The largest absolute Gasteiger partial charge is 0.476 e. The van der Waals surface area contributed by atoms with Gasteiger partial charge in [0.05, 0.1) is 6.61 Å². The van der Waals surface area contributed by atoms with Gasteiger partial charge < -0.3 is 9.84 Å². The van der Waals surface area contributed by atoms with Crippen molar-refractivity contribution in [3.8, 4) is 5.75 Å². The van der Waals surface area contributed by atoms with Crippen LogP contribution in [0.25, 0.3) is 0 Å². The van der Waals surface area contributed by atoms with Crippen LogP contribution in [0, 0.1) is 6.92 Å². The van der Waals surface area contributed by atoms with E-state index in [4.69, 9.17) is 9.84 Å². The lowest BCUT2D eigenvalue weighted by Gasteiger charge is -2.21. The van der Waals surface area contributed by atoms with Gasteiger partial charge in [-0.1, -0.05) is 24.6 Å². The van der Waals surface area contributed by atoms with Crippen molar-refractivity contribution < 1.29 is 9.84 Å². The molecule has 2 atom stereocenters. The Morgan fingerprint density at radius 1 is 1.29 bits per heavy atom. The second-order valence-corrected chi connectivity index (χ2v) is 4.03. The highest BCUT2D eigenvalue weighted by atomic mass is 35.5. The zero-order chi connectivity index (χ0) is 12.0. The lowest BCUT2D eigenvalue weighted by molar-refractivity contribution is 0.137. The van der Waals surface area contributed by atoms with E-state index in [-0.39, 0.29) is 31.3 Å². The van der Waals surface area contributed by atoms with Gasteiger partial charge in [-0.25, -0.2) is 0 Å². The molecule has 3 nitrogen and oxygen atoms in total. The topological polar surface area (TPSA) is 41.5 Å². The molecule has 0 fully saturated rings. The van der Waals surface area contributed by atoms with Crippen LogP contribution < -0.4 is 10.1 Å². The molecule has 0 aliphatic heterocycles. The van der Waals surface area contributed by atoms with Crippen molar-refractivity contribution in [3.05, 3.63) is 29.8 Å². The molecule has 98 valence electrons. The number of aryl methyl sites for hydroxylation is 1. The summed E-state index contributed by atoms with van der Waals surface area (Å²) in [5.41, 5.74) is 1.22. The first-order valence-corrected chi connectivity index (χ1v) is 5.76. The molecule has 0 amide bonds. The molecule has 0 bridgehead atoms.